The highest BCUT2D eigenvalue weighted by Gasteiger charge is 2.17. The molecule has 102 valence electrons. The predicted molar refractivity (Wildman–Crippen MR) is 70.3 cm³/mol. The van der Waals surface area contributed by atoms with Gasteiger partial charge in [-0.2, -0.15) is 0 Å². The molecule has 0 aliphatic heterocycles. The summed E-state index contributed by atoms with van der Waals surface area (Å²) in [7, 11) is 0. The van der Waals surface area contributed by atoms with Gasteiger partial charge >= 0.3 is 5.97 Å². The lowest BCUT2D eigenvalue weighted by atomic mass is 10.2. The number of hydrogen-bond donors (Lipinski definition) is 1. The van der Waals surface area contributed by atoms with Crippen LogP contribution in [0.2, 0.25) is 0 Å². The van der Waals surface area contributed by atoms with Crippen molar-refractivity contribution in [1.82, 2.24) is 14.5 Å². The highest BCUT2D eigenvalue weighted by molar-refractivity contribution is 5.67. The number of nitrogens with zero attached hydrogens (tertiary/aromatic N) is 3. The maximum absolute atomic E-state index is 10.8. The van der Waals surface area contributed by atoms with Crippen LogP contribution in [0.1, 0.15) is 39.3 Å². The van der Waals surface area contributed by atoms with Gasteiger partial charge in [-0.1, -0.05) is 13.8 Å². The Morgan fingerprint density at radius 1 is 1.56 bits per heavy atom. The zero-order chi connectivity index (χ0) is 13.5. The van der Waals surface area contributed by atoms with Crippen LogP contribution in [-0.2, 0) is 17.9 Å². The van der Waals surface area contributed by atoms with Gasteiger partial charge in [0.25, 0.3) is 0 Å². The SMILES string of the molecule is CCCn1cncc1CN(CC)C(C)CC(=O)O. The van der Waals surface area contributed by atoms with E-state index in [-0.39, 0.29) is 12.5 Å². The topological polar surface area (TPSA) is 58.4 Å². The van der Waals surface area contributed by atoms with Crippen molar-refractivity contribution in [2.45, 2.75) is 52.7 Å². The lowest BCUT2D eigenvalue weighted by Crippen LogP contribution is -2.34. The molecule has 0 spiro atoms. The first-order valence-electron chi connectivity index (χ1n) is 6.53. The number of aryl methyl sites for hydroxylation is 1. The summed E-state index contributed by atoms with van der Waals surface area (Å²) < 4.78 is 2.14. The van der Waals surface area contributed by atoms with Crippen molar-refractivity contribution < 1.29 is 9.90 Å². The Morgan fingerprint density at radius 3 is 2.83 bits per heavy atom. The van der Waals surface area contributed by atoms with Crippen LogP contribution in [0.15, 0.2) is 12.5 Å². The predicted octanol–water partition coefficient (Wildman–Crippen LogP) is 1.98. The van der Waals surface area contributed by atoms with Crippen molar-refractivity contribution in [2.75, 3.05) is 6.54 Å². The van der Waals surface area contributed by atoms with Crippen molar-refractivity contribution in [1.29, 1.82) is 0 Å². The highest BCUT2D eigenvalue weighted by atomic mass is 16.4. The number of carboxylic acid groups (broad SMARTS) is 1. The first-order valence-corrected chi connectivity index (χ1v) is 6.53. The quantitative estimate of drug-likeness (QED) is 0.769. The van der Waals surface area contributed by atoms with Crippen LogP contribution in [0.3, 0.4) is 0 Å². The van der Waals surface area contributed by atoms with E-state index in [1.54, 1.807) is 0 Å². The van der Waals surface area contributed by atoms with Gasteiger partial charge in [-0.05, 0) is 19.9 Å². The van der Waals surface area contributed by atoms with Gasteiger partial charge in [0.05, 0.1) is 18.4 Å². The van der Waals surface area contributed by atoms with Gasteiger partial charge in [0, 0.05) is 25.3 Å². The summed E-state index contributed by atoms with van der Waals surface area (Å²) in [6.07, 6.45) is 4.95. The van der Waals surface area contributed by atoms with E-state index in [2.05, 4.69) is 28.3 Å². The minimum atomic E-state index is -0.747. The van der Waals surface area contributed by atoms with Gasteiger partial charge in [0.1, 0.15) is 0 Å². The van der Waals surface area contributed by atoms with E-state index in [9.17, 15) is 4.79 Å². The Bertz CT molecular complexity index is 376. The summed E-state index contributed by atoms with van der Waals surface area (Å²) in [6, 6.07) is 0.0393. The molecule has 1 N–H and O–H groups in total. The number of carbonyl (C=O) groups is 1. The van der Waals surface area contributed by atoms with Gasteiger partial charge < -0.3 is 9.67 Å². The smallest absolute Gasteiger partial charge is 0.304 e. The molecule has 5 heteroatoms. The molecular weight excluding hydrogens is 230 g/mol. The van der Waals surface area contributed by atoms with Crippen LogP contribution in [0, 0.1) is 0 Å². The summed E-state index contributed by atoms with van der Waals surface area (Å²) in [5.74, 6) is -0.747. The van der Waals surface area contributed by atoms with Crippen molar-refractivity contribution in [2.24, 2.45) is 0 Å². The third-order valence-corrected chi connectivity index (χ3v) is 3.13. The third-order valence-electron chi connectivity index (χ3n) is 3.13. The average molecular weight is 253 g/mol. The molecule has 0 fully saturated rings. The molecule has 0 aromatic carbocycles. The molecule has 0 bridgehead atoms. The molecular formula is C13H23N3O2. The first-order chi connectivity index (χ1) is 8.58. The van der Waals surface area contributed by atoms with Crippen molar-refractivity contribution in [3.8, 4) is 0 Å². The molecule has 0 saturated heterocycles. The average Bonchev–Trinajstić information content (AvgIpc) is 2.72. The van der Waals surface area contributed by atoms with Crippen LogP contribution >= 0.6 is 0 Å². The Morgan fingerprint density at radius 2 is 2.28 bits per heavy atom. The summed E-state index contributed by atoms with van der Waals surface area (Å²) in [5.41, 5.74) is 1.15. The largest absolute Gasteiger partial charge is 0.481 e. The zero-order valence-corrected chi connectivity index (χ0v) is 11.5. The molecule has 1 rings (SSSR count). The fraction of sp³-hybridized carbons (Fsp3) is 0.692. The molecule has 0 aliphatic rings. The molecule has 18 heavy (non-hydrogen) atoms. The summed E-state index contributed by atoms with van der Waals surface area (Å²) in [4.78, 5) is 17.1. The van der Waals surface area contributed by atoms with Gasteiger partial charge in [0.15, 0.2) is 0 Å². The molecule has 1 heterocycles. The van der Waals surface area contributed by atoms with E-state index in [0.717, 1.165) is 31.7 Å². The Labute approximate surface area is 108 Å². The lowest BCUT2D eigenvalue weighted by Gasteiger charge is -2.26. The summed E-state index contributed by atoms with van der Waals surface area (Å²) in [5, 5.41) is 8.85. The number of aliphatic carboxylic acids is 1. The molecule has 0 saturated carbocycles. The number of hydrogen-bond acceptors (Lipinski definition) is 3. The second-order valence-corrected chi connectivity index (χ2v) is 4.59. The number of imidazole rings is 1. The minimum absolute atomic E-state index is 0.0393. The van der Waals surface area contributed by atoms with E-state index >= 15 is 0 Å². The first kappa shape index (κ1) is 14.7. The standard InChI is InChI=1S/C13H23N3O2/c1-4-6-16-10-14-8-12(16)9-15(5-2)11(3)7-13(17)18/h8,10-11H,4-7,9H2,1-3H3,(H,17,18). The molecule has 0 radical (unpaired) electrons. The van der Waals surface area contributed by atoms with Gasteiger partial charge in [-0.15, -0.1) is 0 Å². The zero-order valence-electron chi connectivity index (χ0n) is 11.5. The van der Waals surface area contributed by atoms with Gasteiger partial charge in [0.2, 0.25) is 0 Å². The monoisotopic (exact) mass is 253 g/mol. The van der Waals surface area contributed by atoms with Gasteiger partial charge in [-0.3, -0.25) is 9.69 Å². The Balaban J connectivity index is 2.66. The second-order valence-electron chi connectivity index (χ2n) is 4.59. The third kappa shape index (κ3) is 4.14. The van der Waals surface area contributed by atoms with Crippen LogP contribution in [0.4, 0.5) is 0 Å². The molecule has 0 amide bonds. The Hall–Kier alpha value is -1.36. The summed E-state index contributed by atoms with van der Waals surface area (Å²) >= 11 is 0. The van der Waals surface area contributed by atoms with E-state index < -0.39 is 5.97 Å². The summed E-state index contributed by atoms with van der Waals surface area (Å²) in [6.45, 7) is 8.70. The van der Waals surface area contributed by atoms with Crippen LogP contribution in [0.5, 0.6) is 0 Å². The van der Waals surface area contributed by atoms with Crippen molar-refractivity contribution in [3.05, 3.63) is 18.2 Å². The number of aromatic nitrogens is 2. The van der Waals surface area contributed by atoms with Crippen molar-refractivity contribution >= 4 is 5.97 Å². The fourth-order valence-corrected chi connectivity index (χ4v) is 2.09. The van der Waals surface area contributed by atoms with E-state index in [0.29, 0.717) is 0 Å². The number of rotatable bonds is 8. The maximum atomic E-state index is 10.8. The molecule has 1 unspecified atom stereocenters. The fourth-order valence-electron chi connectivity index (χ4n) is 2.09. The number of carboxylic acids is 1. The molecule has 1 atom stereocenters. The van der Waals surface area contributed by atoms with E-state index in [1.807, 2.05) is 19.4 Å². The molecule has 1 aromatic rings. The van der Waals surface area contributed by atoms with Crippen LogP contribution in [0.25, 0.3) is 0 Å². The van der Waals surface area contributed by atoms with Crippen molar-refractivity contribution in [3.63, 3.8) is 0 Å². The van der Waals surface area contributed by atoms with Crippen LogP contribution < -0.4 is 0 Å². The molecule has 1 aromatic heterocycles. The maximum Gasteiger partial charge on any atom is 0.304 e. The van der Waals surface area contributed by atoms with E-state index in [1.165, 1.54) is 0 Å². The second kappa shape index (κ2) is 7.16. The normalized spacial score (nSPS) is 12.9. The Kier molecular flexibility index (Phi) is 5.85. The molecule has 5 nitrogen and oxygen atoms in total. The van der Waals surface area contributed by atoms with Crippen LogP contribution in [-0.4, -0.2) is 38.1 Å². The van der Waals surface area contributed by atoms with Gasteiger partial charge in [-0.25, -0.2) is 4.98 Å². The highest BCUT2D eigenvalue weighted by Crippen LogP contribution is 2.11. The molecule has 0 aliphatic carbocycles. The van der Waals surface area contributed by atoms with E-state index in [4.69, 9.17) is 5.11 Å². The lowest BCUT2D eigenvalue weighted by molar-refractivity contribution is -0.138. The minimum Gasteiger partial charge on any atom is -0.481 e.